The third kappa shape index (κ3) is 3.81. The summed E-state index contributed by atoms with van der Waals surface area (Å²) in [5.41, 5.74) is 0.341. The van der Waals surface area contributed by atoms with Crippen molar-refractivity contribution in [2.45, 2.75) is 39.7 Å². The number of anilines is 1. The minimum atomic E-state index is -0.252. The van der Waals surface area contributed by atoms with Crippen LogP contribution in [0.5, 0.6) is 0 Å². The first-order chi connectivity index (χ1) is 9.99. The number of aromatic amines is 1. The third-order valence-electron chi connectivity index (χ3n) is 3.70. The molecule has 0 aliphatic heterocycles. The molecule has 2 rings (SSSR count). The Morgan fingerprint density at radius 1 is 1.43 bits per heavy atom. The van der Waals surface area contributed by atoms with Crippen molar-refractivity contribution < 1.29 is 0 Å². The monoisotopic (exact) mass is 292 g/mol. The number of aryl methyl sites for hydroxylation is 1. The molecule has 0 atom stereocenters. The van der Waals surface area contributed by atoms with E-state index in [4.69, 9.17) is 0 Å². The van der Waals surface area contributed by atoms with Crippen LogP contribution in [0.2, 0.25) is 0 Å². The summed E-state index contributed by atoms with van der Waals surface area (Å²) in [4.78, 5) is 18.2. The Morgan fingerprint density at radius 2 is 2.19 bits per heavy atom. The zero-order chi connectivity index (χ0) is 15.4. The zero-order valence-corrected chi connectivity index (χ0v) is 13.2. The number of unbranched alkanes of at least 4 members (excludes halogenated alkanes) is 1. The van der Waals surface area contributed by atoms with Crippen molar-refractivity contribution in [2.75, 3.05) is 25.5 Å². The summed E-state index contributed by atoms with van der Waals surface area (Å²) >= 11 is 0. The molecule has 116 valence electrons. The highest BCUT2D eigenvalue weighted by Crippen LogP contribution is 2.08. The van der Waals surface area contributed by atoms with Gasteiger partial charge in [-0.05, 0) is 47.2 Å². The van der Waals surface area contributed by atoms with E-state index in [1.54, 1.807) is 13.0 Å². The molecule has 0 fully saturated rings. The van der Waals surface area contributed by atoms with Crippen LogP contribution >= 0.6 is 0 Å². The van der Waals surface area contributed by atoms with E-state index in [0.717, 1.165) is 31.7 Å². The van der Waals surface area contributed by atoms with Crippen LogP contribution in [0, 0.1) is 6.92 Å². The molecule has 0 aliphatic carbocycles. The van der Waals surface area contributed by atoms with Crippen molar-refractivity contribution in [1.82, 2.24) is 24.5 Å². The number of H-pyrrole nitrogens is 1. The number of hydrogen-bond acceptors (Lipinski definition) is 5. The Balaban J connectivity index is 1.85. The van der Waals surface area contributed by atoms with E-state index in [9.17, 15) is 4.79 Å². The van der Waals surface area contributed by atoms with Gasteiger partial charge in [0, 0.05) is 18.7 Å². The zero-order valence-electron chi connectivity index (χ0n) is 13.2. The van der Waals surface area contributed by atoms with Crippen LogP contribution in [-0.2, 0) is 0 Å². The SMILES string of the molecule is Cc1nc(NCCCCN(C)C(C)C)cc2n[nH]c(=O)n12. The number of fused-ring (bicyclic) bond motifs is 1. The number of nitrogens with zero attached hydrogens (tertiary/aromatic N) is 4. The second-order valence-corrected chi connectivity index (χ2v) is 5.62. The Hall–Kier alpha value is -1.89. The van der Waals surface area contributed by atoms with E-state index in [-0.39, 0.29) is 5.69 Å². The lowest BCUT2D eigenvalue weighted by Crippen LogP contribution is -2.27. The predicted octanol–water partition coefficient (Wildman–Crippen LogP) is 1.26. The Kier molecular flexibility index (Phi) is 4.95. The van der Waals surface area contributed by atoms with Crippen molar-refractivity contribution in [2.24, 2.45) is 0 Å². The average molecular weight is 292 g/mol. The Labute approximate surface area is 124 Å². The van der Waals surface area contributed by atoms with Gasteiger partial charge in [0.25, 0.3) is 0 Å². The quantitative estimate of drug-likeness (QED) is 0.751. The molecule has 0 amide bonds. The van der Waals surface area contributed by atoms with E-state index in [2.05, 4.69) is 46.3 Å². The fraction of sp³-hybridized carbons (Fsp3) is 0.643. The minimum absolute atomic E-state index is 0.252. The highest BCUT2D eigenvalue weighted by Gasteiger charge is 2.06. The highest BCUT2D eigenvalue weighted by molar-refractivity contribution is 5.49. The summed E-state index contributed by atoms with van der Waals surface area (Å²) in [6.07, 6.45) is 2.22. The molecule has 0 spiro atoms. The first kappa shape index (κ1) is 15.5. The van der Waals surface area contributed by atoms with Crippen LogP contribution < -0.4 is 11.0 Å². The van der Waals surface area contributed by atoms with Crippen LogP contribution in [0.1, 0.15) is 32.5 Å². The van der Waals surface area contributed by atoms with E-state index >= 15 is 0 Å². The smallest absolute Gasteiger partial charge is 0.349 e. The van der Waals surface area contributed by atoms with Crippen molar-refractivity contribution in [3.8, 4) is 0 Å². The molecular weight excluding hydrogens is 268 g/mol. The van der Waals surface area contributed by atoms with Gasteiger partial charge < -0.3 is 10.2 Å². The molecule has 2 heterocycles. The Bertz CT molecular complexity index is 644. The lowest BCUT2D eigenvalue weighted by Gasteiger charge is -2.20. The lowest BCUT2D eigenvalue weighted by molar-refractivity contribution is 0.269. The number of nitrogens with one attached hydrogen (secondary N) is 2. The molecule has 0 saturated heterocycles. The molecule has 21 heavy (non-hydrogen) atoms. The average Bonchev–Trinajstić information content (AvgIpc) is 2.80. The number of rotatable bonds is 7. The van der Waals surface area contributed by atoms with Gasteiger partial charge in [-0.2, -0.15) is 5.10 Å². The molecule has 0 unspecified atom stereocenters. The van der Waals surface area contributed by atoms with Crippen LogP contribution in [-0.4, -0.2) is 50.7 Å². The van der Waals surface area contributed by atoms with Gasteiger partial charge in [-0.1, -0.05) is 0 Å². The van der Waals surface area contributed by atoms with Crippen LogP contribution in [0.4, 0.5) is 5.82 Å². The topological polar surface area (TPSA) is 78.3 Å². The Morgan fingerprint density at radius 3 is 2.90 bits per heavy atom. The second kappa shape index (κ2) is 6.71. The molecule has 2 aromatic heterocycles. The summed E-state index contributed by atoms with van der Waals surface area (Å²) < 4.78 is 1.46. The maximum Gasteiger partial charge on any atom is 0.349 e. The first-order valence-corrected chi connectivity index (χ1v) is 7.38. The largest absolute Gasteiger partial charge is 0.370 e. The van der Waals surface area contributed by atoms with Gasteiger partial charge >= 0.3 is 5.69 Å². The van der Waals surface area contributed by atoms with Gasteiger partial charge in [0.1, 0.15) is 11.6 Å². The molecule has 0 saturated carbocycles. The van der Waals surface area contributed by atoms with Gasteiger partial charge in [-0.15, -0.1) is 0 Å². The summed E-state index contributed by atoms with van der Waals surface area (Å²) in [5, 5.41) is 9.68. The molecule has 0 radical (unpaired) electrons. The molecule has 0 aliphatic rings. The van der Waals surface area contributed by atoms with E-state index in [1.165, 1.54) is 4.40 Å². The molecule has 7 nitrogen and oxygen atoms in total. The molecular formula is C14H24N6O. The minimum Gasteiger partial charge on any atom is -0.370 e. The summed E-state index contributed by atoms with van der Waals surface area (Å²) in [6.45, 7) is 8.16. The van der Waals surface area contributed by atoms with E-state index < -0.39 is 0 Å². The fourth-order valence-corrected chi connectivity index (χ4v) is 2.15. The van der Waals surface area contributed by atoms with Crippen LogP contribution in [0.15, 0.2) is 10.9 Å². The molecule has 0 aromatic carbocycles. The molecule has 2 aromatic rings. The maximum absolute atomic E-state index is 11.5. The van der Waals surface area contributed by atoms with Crippen molar-refractivity contribution in [1.29, 1.82) is 0 Å². The summed E-state index contributed by atoms with van der Waals surface area (Å²) in [7, 11) is 2.15. The van der Waals surface area contributed by atoms with Gasteiger partial charge in [0.2, 0.25) is 0 Å². The fourth-order valence-electron chi connectivity index (χ4n) is 2.15. The van der Waals surface area contributed by atoms with Crippen molar-refractivity contribution >= 4 is 11.5 Å². The van der Waals surface area contributed by atoms with Crippen LogP contribution in [0.25, 0.3) is 5.65 Å². The van der Waals surface area contributed by atoms with E-state index in [1.807, 2.05) is 0 Å². The van der Waals surface area contributed by atoms with Gasteiger partial charge in [-0.3, -0.25) is 0 Å². The van der Waals surface area contributed by atoms with Crippen molar-refractivity contribution in [3.63, 3.8) is 0 Å². The van der Waals surface area contributed by atoms with Crippen LogP contribution in [0.3, 0.4) is 0 Å². The second-order valence-electron chi connectivity index (χ2n) is 5.62. The standard InChI is InChI=1S/C14H24N6O/c1-10(2)19(4)8-6-5-7-15-12-9-13-17-18-14(21)20(13)11(3)16-12/h9-10,15H,5-8H2,1-4H3,(H,18,21). The highest BCUT2D eigenvalue weighted by atomic mass is 16.1. The molecule has 0 bridgehead atoms. The number of hydrogen-bond donors (Lipinski definition) is 2. The molecule has 2 N–H and O–H groups in total. The summed E-state index contributed by atoms with van der Waals surface area (Å²) in [6, 6.07) is 2.37. The maximum atomic E-state index is 11.5. The lowest BCUT2D eigenvalue weighted by atomic mass is 10.2. The number of aromatic nitrogens is 4. The van der Waals surface area contributed by atoms with E-state index in [0.29, 0.717) is 17.5 Å². The summed E-state index contributed by atoms with van der Waals surface area (Å²) in [5.74, 6) is 1.39. The first-order valence-electron chi connectivity index (χ1n) is 7.38. The normalized spacial score (nSPS) is 11.7. The molecule has 7 heteroatoms. The van der Waals surface area contributed by atoms with Crippen molar-refractivity contribution in [3.05, 3.63) is 22.4 Å². The third-order valence-corrected chi connectivity index (χ3v) is 3.70. The van der Waals surface area contributed by atoms with Gasteiger partial charge in [0.15, 0.2) is 5.65 Å². The van der Waals surface area contributed by atoms with Gasteiger partial charge in [-0.25, -0.2) is 19.3 Å². The van der Waals surface area contributed by atoms with Gasteiger partial charge in [0.05, 0.1) is 0 Å². The predicted molar refractivity (Wildman–Crippen MR) is 83.8 cm³/mol.